The van der Waals surface area contributed by atoms with Crippen LogP contribution in [0.3, 0.4) is 0 Å². The fraction of sp³-hybridized carbons (Fsp3) is 0.462. The maximum Gasteiger partial charge on any atom is 0.242 e. The minimum Gasteiger partial charge on any atom is -0.494 e. The second-order valence-corrected chi connectivity index (χ2v) is 8.85. The highest BCUT2D eigenvalue weighted by Gasteiger charge is 2.28. The van der Waals surface area contributed by atoms with E-state index in [4.69, 9.17) is 16.3 Å². The largest absolute Gasteiger partial charge is 0.494 e. The third-order valence-corrected chi connectivity index (χ3v) is 5.54. The molecule has 32 heavy (non-hydrogen) atoms. The number of carbonyl (C=O) groups is 2. The molecule has 0 unspecified atom stereocenters. The summed E-state index contributed by atoms with van der Waals surface area (Å²) in [6, 6.07) is 14.6. The van der Waals surface area contributed by atoms with Crippen LogP contribution in [0.25, 0.3) is 0 Å². The SMILES string of the molecule is CC[C@H](C(=O)NCC(C)C)N(Cc1ccccc1C)C(=O)CCCOc1ccc(Cl)cc1. The van der Waals surface area contributed by atoms with Gasteiger partial charge in [0.15, 0.2) is 0 Å². The zero-order valence-corrected chi connectivity index (χ0v) is 20.3. The van der Waals surface area contributed by atoms with E-state index < -0.39 is 6.04 Å². The lowest BCUT2D eigenvalue weighted by Crippen LogP contribution is -2.49. The molecule has 1 atom stereocenters. The van der Waals surface area contributed by atoms with Crippen molar-refractivity contribution in [3.05, 3.63) is 64.7 Å². The molecule has 0 aliphatic carbocycles. The molecule has 2 rings (SSSR count). The van der Waals surface area contributed by atoms with Crippen LogP contribution < -0.4 is 10.1 Å². The monoisotopic (exact) mass is 458 g/mol. The minimum atomic E-state index is -0.502. The van der Waals surface area contributed by atoms with Crippen LogP contribution in [0.1, 0.15) is 51.2 Å². The molecule has 0 heterocycles. The van der Waals surface area contributed by atoms with Crippen LogP contribution >= 0.6 is 11.6 Å². The van der Waals surface area contributed by atoms with E-state index in [1.165, 1.54) is 0 Å². The van der Waals surface area contributed by atoms with E-state index in [-0.39, 0.29) is 11.8 Å². The number of carbonyl (C=O) groups excluding carboxylic acids is 2. The van der Waals surface area contributed by atoms with Gasteiger partial charge < -0.3 is 15.0 Å². The summed E-state index contributed by atoms with van der Waals surface area (Å²) < 4.78 is 5.72. The molecule has 0 aromatic heterocycles. The van der Waals surface area contributed by atoms with E-state index in [9.17, 15) is 9.59 Å². The molecule has 0 aliphatic heterocycles. The van der Waals surface area contributed by atoms with Gasteiger partial charge in [-0.15, -0.1) is 0 Å². The highest BCUT2D eigenvalue weighted by Crippen LogP contribution is 2.18. The Labute approximate surface area is 197 Å². The highest BCUT2D eigenvalue weighted by molar-refractivity contribution is 6.30. The number of nitrogens with one attached hydrogen (secondary N) is 1. The van der Waals surface area contributed by atoms with E-state index in [1.807, 2.05) is 38.1 Å². The molecule has 0 radical (unpaired) electrons. The Balaban J connectivity index is 2.05. The third kappa shape index (κ3) is 8.19. The summed E-state index contributed by atoms with van der Waals surface area (Å²) in [6.45, 7) is 9.51. The number of benzene rings is 2. The molecule has 2 aromatic carbocycles. The van der Waals surface area contributed by atoms with Gasteiger partial charge >= 0.3 is 0 Å². The van der Waals surface area contributed by atoms with E-state index in [0.717, 1.165) is 16.9 Å². The van der Waals surface area contributed by atoms with Gasteiger partial charge in [0.2, 0.25) is 11.8 Å². The topological polar surface area (TPSA) is 58.6 Å². The van der Waals surface area contributed by atoms with Crippen molar-refractivity contribution in [2.45, 2.75) is 59.5 Å². The van der Waals surface area contributed by atoms with Crippen LogP contribution in [-0.4, -0.2) is 35.9 Å². The van der Waals surface area contributed by atoms with Crippen molar-refractivity contribution in [1.82, 2.24) is 10.2 Å². The summed E-state index contributed by atoms with van der Waals surface area (Å²) in [5, 5.41) is 3.65. The lowest BCUT2D eigenvalue weighted by atomic mass is 10.0. The number of hydrogen-bond acceptors (Lipinski definition) is 3. The Hall–Kier alpha value is -2.53. The molecule has 2 amide bonds. The number of nitrogens with zero attached hydrogens (tertiary/aromatic N) is 1. The Morgan fingerprint density at radius 3 is 2.41 bits per heavy atom. The van der Waals surface area contributed by atoms with Crippen LogP contribution in [0.5, 0.6) is 5.75 Å². The molecule has 0 saturated carbocycles. The van der Waals surface area contributed by atoms with Crippen molar-refractivity contribution in [2.24, 2.45) is 5.92 Å². The first-order valence-corrected chi connectivity index (χ1v) is 11.7. The Bertz CT molecular complexity index is 868. The zero-order chi connectivity index (χ0) is 23.5. The van der Waals surface area contributed by atoms with Gasteiger partial charge in [-0.3, -0.25) is 9.59 Å². The van der Waals surface area contributed by atoms with Crippen molar-refractivity contribution >= 4 is 23.4 Å². The highest BCUT2D eigenvalue weighted by atomic mass is 35.5. The molecule has 2 aromatic rings. The zero-order valence-electron chi connectivity index (χ0n) is 19.6. The number of rotatable bonds is 12. The van der Waals surface area contributed by atoms with Gasteiger partial charge in [0, 0.05) is 24.5 Å². The van der Waals surface area contributed by atoms with Crippen LogP contribution in [0, 0.1) is 12.8 Å². The van der Waals surface area contributed by atoms with Crippen molar-refractivity contribution in [1.29, 1.82) is 0 Å². The molecule has 174 valence electrons. The summed E-state index contributed by atoms with van der Waals surface area (Å²) in [5.41, 5.74) is 2.15. The number of aryl methyl sites for hydroxylation is 1. The molecule has 0 spiro atoms. The number of amides is 2. The van der Waals surface area contributed by atoms with Gasteiger partial charge in [-0.1, -0.05) is 56.6 Å². The predicted octanol–water partition coefficient (Wildman–Crippen LogP) is 5.39. The third-order valence-electron chi connectivity index (χ3n) is 5.29. The number of halogens is 1. The van der Waals surface area contributed by atoms with Crippen molar-refractivity contribution in [2.75, 3.05) is 13.2 Å². The van der Waals surface area contributed by atoms with Crippen LogP contribution in [0.15, 0.2) is 48.5 Å². The lowest BCUT2D eigenvalue weighted by molar-refractivity contribution is -0.141. The first-order valence-electron chi connectivity index (χ1n) is 11.3. The Morgan fingerprint density at radius 1 is 1.09 bits per heavy atom. The molecular formula is C26H35ClN2O3. The summed E-state index contributed by atoms with van der Waals surface area (Å²) in [5.74, 6) is 0.931. The summed E-state index contributed by atoms with van der Waals surface area (Å²) >= 11 is 5.90. The van der Waals surface area contributed by atoms with Gasteiger partial charge in [0.05, 0.1) is 6.61 Å². The van der Waals surface area contributed by atoms with Gasteiger partial charge in [-0.2, -0.15) is 0 Å². The minimum absolute atomic E-state index is 0.0421. The molecular weight excluding hydrogens is 424 g/mol. The first kappa shape index (κ1) is 25.7. The van der Waals surface area contributed by atoms with Crippen molar-refractivity contribution in [3.8, 4) is 5.75 Å². The van der Waals surface area contributed by atoms with Gasteiger partial charge in [-0.25, -0.2) is 0 Å². The molecule has 6 heteroatoms. The van der Waals surface area contributed by atoms with Crippen LogP contribution in [-0.2, 0) is 16.1 Å². The van der Waals surface area contributed by atoms with E-state index in [0.29, 0.717) is 49.9 Å². The fourth-order valence-corrected chi connectivity index (χ4v) is 3.53. The maximum absolute atomic E-state index is 13.2. The molecule has 0 fully saturated rings. The Kier molecular flexibility index (Phi) is 10.5. The molecule has 0 bridgehead atoms. The molecule has 0 aliphatic rings. The number of hydrogen-bond donors (Lipinski definition) is 1. The standard InChI is InChI=1S/C26H35ClN2O3/c1-5-24(26(31)28-17-19(2)3)29(18-21-10-7-6-9-20(21)4)25(30)11-8-16-32-23-14-12-22(27)13-15-23/h6-7,9-10,12-15,19,24H,5,8,11,16-18H2,1-4H3,(H,28,31)/t24-/m1/s1. The van der Waals surface area contributed by atoms with Gasteiger partial charge in [0.25, 0.3) is 0 Å². The van der Waals surface area contributed by atoms with Gasteiger partial charge in [0.1, 0.15) is 11.8 Å². The van der Waals surface area contributed by atoms with Crippen LogP contribution in [0.2, 0.25) is 5.02 Å². The summed E-state index contributed by atoms with van der Waals surface area (Å²) in [6.07, 6.45) is 1.44. The van der Waals surface area contributed by atoms with E-state index in [1.54, 1.807) is 29.2 Å². The second kappa shape index (κ2) is 13.1. The average Bonchev–Trinajstić information content (AvgIpc) is 2.77. The fourth-order valence-electron chi connectivity index (χ4n) is 3.40. The lowest BCUT2D eigenvalue weighted by Gasteiger charge is -2.31. The average molecular weight is 459 g/mol. The van der Waals surface area contributed by atoms with E-state index >= 15 is 0 Å². The maximum atomic E-state index is 13.2. The van der Waals surface area contributed by atoms with Crippen molar-refractivity contribution < 1.29 is 14.3 Å². The number of ether oxygens (including phenoxy) is 1. The molecule has 5 nitrogen and oxygen atoms in total. The Morgan fingerprint density at radius 2 is 1.78 bits per heavy atom. The van der Waals surface area contributed by atoms with E-state index in [2.05, 4.69) is 19.2 Å². The predicted molar refractivity (Wildman–Crippen MR) is 130 cm³/mol. The van der Waals surface area contributed by atoms with Crippen LogP contribution in [0.4, 0.5) is 0 Å². The summed E-state index contributed by atoms with van der Waals surface area (Å²) in [7, 11) is 0. The van der Waals surface area contributed by atoms with Gasteiger partial charge in [-0.05, 0) is 61.1 Å². The summed E-state index contributed by atoms with van der Waals surface area (Å²) in [4.78, 5) is 27.9. The smallest absolute Gasteiger partial charge is 0.242 e. The first-order chi connectivity index (χ1) is 15.3. The quantitative estimate of drug-likeness (QED) is 0.434. The molecule has 1 N–H and O–H groups in total. The van der Waals surface area contributed by atoms with Crippen molar-refractivity contribution in [3.63, 3.8) is 0 Å². The molecule has 0 saturated heterocycles. The normalized spacial score (nSPS) is 11.8. The second-order valence-electron chi connectivity index (χ2n) is 8.42.